The van der Waals surface area contributed by atoms with E-state index in [0.717, 1.165) is 0 Å². The van der Waals surface area contributed by atoms with Gasteiger partial charge in [0.1, 0.15) is 11.6 Å². The fourth-order valence-corrected chi connectivity index (χ4v) is 2.37. The first-order chi connectivity index (χ1) is 9.21. The van der Waals surface area contributed by atoms with Crippen LogP contribution in [0.4, 0.5) is 5.69 Å². The van der Waals surface area contributed by atoms with E-state index in [1.165, 1.54) is 7.11 Å². The Balaban J connectivity index is 2.26. The Morgan fingerprint density at radius 1 is 1.63 bits per heavy atom. The molecule has 6 nitrogen and oxygen atoms in total. The van der Waals surface area contributed by atoms with E-state index in [0.29, 0.717) is 36.6 Å². The number of methoxy groups -OCH3 is 1. The molecular formula is C13H17N3O3. The van der Waals surface area contributed by atoms with Crippen LogP contribution in [0.5, 0.6) is 5.88 Å². The van der Waals surface area contributed by atoms with Gasteiger partial charge in [0.2, 0.25) is 5.88 Å². The standard InChI is InChI=1S/C13H17N3O3/c1-19-13-10(6-14)11(2-4-15-13)16-5-3-9(8-17)12(18)7-16/h2,4,9,12,17-18H,3,5,7-8H2,1H3/t9-,12+/m1/s1. The normalized spacial score (nSPS) is 22.9. The SMILES string of the molecule is COc1nccc(N2CC[C@H](CO)[C@@H](O)C2)c1C#N. The molecule has 2 rings (SSSR count). The Morgan fingerprint density at radius 3 is 3.00 bits per heavy atom. The van der Waals surface area contributed by atoms with Gasteiger partial charge >= 0.3 is 0 Å². The van der Waals surface area contributed by atoms with Crippen LogP contribution >= 0.6 is 0 Å². The van der Waals surface area contributed by atoms with Crippen LogP contribution in [0.3, 0.4) is 0 Å². The van der Waals surface area contributed by atoms with Gasteiger partial charge in [-0.15, -0.1) is 0 Å². The third kappa shape index (κ3) is 2.62. The molecule has 0 spiro atoms. The molecule has 2 N–H and O–H groups in total. The first-order valence-corrected chi connectivity index (χ1v) is 6.18. The maximum atomic E-state index is 9.96. The van der Waals surface area contributed by atoms with E-state index in [-0.39, 0.29) is 12.5 Å². The summed E-state index contributed by atoms with van der Waals surface area (Å²) in [6, 6.07) is 3.84. The van der Waals surface area contributed by atoms with Crippen molar-refractivity contribution in [3.8, 4) is 11.9 Å². The molecule has 0 bridgehead atoms. The lowest BCUT2D eigenvalue weighted by Gasteiger charge is -2.36. The number of aliphatic hydroxyl groups is 2. The van der Waals surface area contributed by atoms with Crippen molar-refractivity contribution >= 4 is 5.69 Å². The van der Waals surface area contributed by atoms with Crippen LogP contribution in [-0.4, -0.2) is 48.1 Å². The van der Waals surface area contributed by atoms with E-state index >= 15 is 0 Å². The molecule has 0 aromatic carbocycles. The van der Waals surface area contributed by atoms with Gasteiger partial charge in [-0.05, 0) is 12.5 Å². The second-order valence-electron chi connectivity index (χ2n) is 4.57. The molecule has 2 atom stereocenters. The number of anilines is 1. The van der Waals surface area contributed by atoms with Crippen molar-refractivity contribution in [2.24, 2.45) is 5.92 Å². The monoisotopic (exact) mass is 263 g/mol. The van der Waals surface area contributed by atoms with Gasteiger partial charge in [0, 0.05) is 31.8 Å². The number of β-amino-alcohol motifs (C(OH)–C–C–N with tert-alkyl or cyclic N) is 1. The summed E-state index contributed by atoms with van der Waals surface area (Å²) >= 11 is 0. The summed E-state index contributed by atoms with van der Waals surface area (Å²) in [5.41, 5.74) is 1.09. The van der Waals surface area contributed by atoms with Gasteiger partial charge < -0.3 is 19.8 Å². The first kappa shape index (κ1) is 13.6. The Bertz CT molecular complexity index is 487. The number of hydrogen-bond acceptors (Lipinski definition) is 6. The summed E-state index contributed by atoms with van der Waals surface area (Å²) in [5, 5.41) is 28.3. The molecule has 19 heavy (non-hydrogen) atoms. The second-order valence-corrected chi connectivity index (χ2v) is 4.57. The van der Waals surface area contributed by atoms with Gasteiger partial charge in [-0.25, -0.2) is 4.98 Å². The van der Waals surface area contributed by atoms with Crippen LogP contribution in [0, 0.1) is 17.2 Å². The smallest absolute Gasteiger partial charge is 0.233 e. The molecule has 0 saturated carbocycles. The molecule has 1 aliphatic heterocycles. The molecule has 1 saturated heterocycles. The molecule has 102 valence electrons. The summed E-state index contributed by atoms with van der Waals surface area (Å²) in [6.07, 6.45) is 1.68. The Hall–Kier alpha value is -1.84. The Labute approximate surface area is 111 Å². The first-order valence-electron chi connectivity index (χ1n) is 6.18. The van der Waals surface area contributed by atoms with E-state index in [1.807, 2.05) is 4.90 Å². The van der Waals surface area contributed by atoms with E-state index in [4.69, 9.17) is 9.84 Å². The Kier molecular flexibility index (Phi) is 4.20. The molecule has 2 heterocycles. The van der Waals surface area contributed by atoms with Crippen LogP contribution in [-0.2, 0) is 0 Å². The van der Waals surface area contributed by atoms with Crippen LogP contribution < -0.4 is 9.64 Å². The highest BCUT2D eigenvalue weighted by Gasteiger charge is 2.29. The van der Waals surface area contributed by atoms with E-state index in [1.54, 1.807) is 12.3 Å². The zero-order chi connectivity index (χ0) is 13.8. The molecule has 1 aromatic heterocycles. The predicted molar refractivity (Wildman–Crippen MR) is 68.9 cm³/mol. The number of nitriles is 1. The number of piperidine rings is 1. The van der Waals surface area contributed by atoms with Gasteiger partial charge in [-0.3, -0.25) is 0 Å². The summed E-state index contributed by atoms with van der Waals surface area (Å²) in [6.45, 7) is 1.07. The number of aromatic nitrogens is 1. The van der Waals surface area contributed by atoms with Crippen molar-refractivity contribution in [3.63, 3.8) is 0 Å². The van der Waals surface area contributed by atoms with E-state index in [9.17, 15) is 10.4 Å². The quantitative estimate of drug-likeness (QED) is 0.806. The number of pyridine rings is 1. The van der Waals surface area contributed by atoms with Crippen LogP contribution in [0.25, 0.3) is 0 Å². The van der Waals surface area contributed by atoms with E-state index in [2.05, 4.69) is 11.1 Å². The number of aliphatic hydroxyl groups excluding tert-OH is 2. The number of ether oxygens (including phenoxy) is 1. The van der Waals surface area contributed by atoms with Gasteiger partial charge in [-0.2, -0.15) is 5.26 Å². The predicted octanol–water partition coefficient (Wildman–Crippen LogP) is 0.141. The lowest BCUT2D eigenvalue weighted by Crippen LogP contribution is -2.45. The maximum Gasteiger partial charge on any atom is 0.233 e. The number of hydrogen-bond donors (Lipinski definition) is 2. The fourth-order valence-electron chi connectivity index (χ4n) is 2.37. The van der Waals surface area contributed by atoms with Gasteiger partial charge in [0.15, 0.2) is 0 Å². The summed E-state index contributed by atoms with van der Waals surface area (Å²) in [5.74, 6) is 0.198. The molecule has 0 amide bonds. The number of nitrogens with zero attached hydrogens (tertiary/aromatic N) is 3. The van der Waals surface area contributed by atoms with Gasteiger partial charge in [0.05, 0.1) is 18.9 Å². The van der Waals surface area contributed by atoms with Crippen molar-refractivity contribution in [2.45, 2.75) is 12.5 Å². The van der Waals surface area contributed by atoms with Crippen molar-refractivity contribution < 1.29 is 14.9 Å². The maximum absolute atomic E-state index is 9.96. The summed E-state index contributed by atoms with van der Waals surface area (Å²) in [4.78, 5) is 5.93. The fraction of sp³-hybridized carbons (Fsp3) is 0.538. The highest BCUT2D eigenvalue weighted by molar-refractivity contribution is 5.63. The van der Waals surface area contributed by atoms with Crippen molar-refractivity contribution in [2.75, 3.05) is 31.7 Å². The molecule has 0 radical (unpaired) electrons. The molecule has 1 aliphatic rings. The topological polar surface area (TPSA) is 89.6 Å². The number of rotatable bonds is 3. The molecule has 1 aromatic rings. The van der Waals surface area contributed by atoms with Crippen molar-refractivity contribution in [1.29, 1.82) is 5.26 Å². The van der Waals surface area contributed by atoms with Gasteiger partial charge in [0.25, 0.3) is 0 Å². The highest BCUT2D eigenvalue weighted by Crippen LogP contribution is 2.29. The summed E-state index contributed by atoms with van der Waals surface area (Å²) in [7, 11) is 1.47. The third-order valence-corrected chi connectivity index (χ3v) is 3.50. The average molecular weight is 263 g/mol. The second kappa shape index (κ2) is 5.87. The minimum atomic E-state index is -0.593. The van der Waals surface area contributed by atoms with Crippen LogP contribution in [0.2, 0.25) is 0 Å². The third-order valence-electron chi connectivity index (χ3n) is 3.50. The van der Waals surface area contributed by atoms with Crippen molar-refractivity contribution in [1.82, 2.24) is 4.98 Å². The molecular weight excluding hydrogens is 246 g/mol. The van der Waals surface area contributed by atoms with Crippen LogP contribution in [0.15, 0.2) is 12.3 Å². The summed E-state index contributed by atoms with van der Waals surface area (Å²) < 4.78 is 5.07. The minimum Gasteiger partial charge on any atom is -0.480 e. The van der Waals surface area contributed by atoms with Crippen LogP contribution in [0.1, 0.15) is 12.0 Å². The lowest BCUT2D eigenvalue weighted by molar-refractivity contribution is 0.0548. The highest BCUT2D eigenvalue weighted by atomic mass is 16.5. The average Bonchev–Trinajstić information content (AvgIpc) is 2.46. The van der Waals surface area contributed by atoms with Gasteiger partial charge in [-0.1, -0.05) is 0 Å². The zero-order valence-corrected chi connectivity index (χ0v) is 10.8. The molecule has 1 fully saturated rings. The van der Waals surface area contributed by atoms with E-state index < -0.39 is 6.10 Å². The van der Waals surface area contributed by atoms with Crippen molar-refractivity contribution in [3.05, 3.63) is 17.8 Å². The minimum absolute atomic E-state index is 0.0141. The lowest BCUT2D eigenvalue weighted by atomic mass is 9.94. The molecule has 0 aliphatic carbocycles. The molecule has 0 unspecified atom stereocenters. The zero-order valence-electron chi connectivity index (χ0n) is 10.8. The Morgan fingerprint density at radius 2 is 2.42 bits per heavy atom. The molecule has 6 heteroatoms. The largest absolute Gasteiger partial charge is 0.480 e.